The molecule has 0 saturated heterocycles. The number of amidine groups is 1. The van der Waals surface area contributed by atoms with Gasteiger partial charge in [0.2, 0.25) is 0 Å². The molecule has 0 amide bonds. The van der Waals surface area contributed by atoms with E-state index in [1.807, 2.05) is 6.92 Å². The van der Waals surface area contributed by atoms with Crippen molar-refractivity contribution in [2.24, 2.45) is 16.8 Å². The molecule has 0 heterocycles. The van der Waals surface area contributed by atoms with Crippen molar-refractivity contribution in [3.63, 3.8) is 0 Å². The van der Waals surface area contributed by atoms with Crippen molar-refractivity contribution in [1.82, 2.24) is 0 Å². The number of ether oxygens (including phenoxy) is 1. The van der Waals surface area contributed by atoms with Gasteiger partial charge < -0.3 is 15.7 Å². The van der Waals surface area contributed by atoms with Crippen LogP contribution < -0.4 is 5.73 Å². The van der Waals surface area contributed by atoms with Gasteiger partial charge in [-0.3, -0.25) is 0 Å². The van der Waals surface area contributed by atoms with Gasteiger partial charge in [0, 0.05) is 5.56 Å². The molecular formula is C13H19FN2O2. The van der Waals surface area contributed by atoms with E-state index in [4.69, 9.17) is 15.7 Å². The molecule has 0 aliphatic rings. The second kappa shape index (κ2) is 6.35. The lowest BCUT2D eigenvalue weighted by atomic mass is 10.1. The quantitative estimate of drug-likeness (QED) is 0.367. The van der Waals surface area contributed by atoms with Gasteiger partial charge in [-0.1, -0.05) is 25.1 Å². The summed E-state index contributed by atoms with van der Waals surface area (Å²) in [6.07, 6.45) is 0.0789. The molecule has 3 N–H and O–H groups in total. The van der Waals surface area contributed by atoms with Gasteiger partial charge in [-0.25, -0.2) is 4.39 Å². The Balaban J connectivity index is 2.88. The smallest absolute Gasteiger partial charge is 0.170 e. The van der Waals surface area contributed by atoms with E-state index in [9.17, 15) is 4.39 Å². The van der Waals surface area contributed by atoms with E-state index in [0.717, 1.165) is 0 Å². The molecule has 0 aliphatic heterocycles. The molecule has 18 heavy (non-hydrogen) atoms. The zero-order valence-electron chi connectivity index (χ0n) is 10.9. The first kappa shape index (κ1) is 14.4. The Kier molecular flexibility index (Phi) is 5.09. The number of rotatable bonds is 5. The van der Waals surface area contributed by atoms with E-state index >= 15 is 0 Å². The number of hydrogen-bond donors (Lipinski definition) is 2. The highest BCUT2D eigenvalue weighted by molar-refractivity contribution is 5.98. The predicted molar refractivity (Wildman–Crippen MR) is 68.0 cm³/mol. The average molecular weight is 254 g/mol. The summed E-state index contributed by atoms with van der Waals surface area (Å²) < 4.78 is 18.8. The first-order chi connectivity index (χ1) is 8.45. The van der Waals surface area contributed by atoms with Gasteiger partial charge in [0.15, 0.2) is 5.84 Å². The predicted octanol–water partition coefficient (Wildman–Crippen LogP) is 2.48. The van der Waals surface area contributed by atoms with Gasteiger partial charge in [-0.2, -0.15) is 0 Å². The summed E-state index contributed by atoms with van der Waals surface area (Å²) in [5.41, 5.74) is 6.56. The third-order valence-electron chi connectivity index (χ3n) is 2.90. The molecule has 0 fully saturated rings. The average Bonchev–Trinajstić information content (AvgIpc) is 2.35. The van der Waals surface area contributed by atoms with Crippen LogP contribution >= 0.6 is 0 Å². The van der Waals surface area contributed by atoms with Crippen molar-refractivity contribution in [2.45, 2.75) is 33.5 Å². The van der Waals surface area contributed by atoms with E-state index in [1.165, 1.54) is 12.1 Å². The van der Waals surface area contributed by atoms with Crippen LogP contribution in [0.4, 0.5) is 4.39 Å². The third kappa shape index (κ3) is 3.70. The van der Waals surface area contributed by atoms with Gasteiger partial charge in [0.25, 0.3) is 0 Å². The highest BCUT2D eigenvalue weighted by atomic mass is 19.1. The topological polar surface area (TPSA) is 67.8 Å². The fourth-order valence-electron chi connectivity index (χ4n) is 1.38. The number of benzene rings is 1. The van der Waals surface area contributed by atoms with Crippen LogP contribution in [0.2, 0.25) is 0 Å². The first-order valence-electron chi connectivity index (χ1n) is 5.83. The minimum absolute atomic E-state index is 0.0789. The molecule has 1 aromatic rings. The molecule has 100 valence electrons. The van der Waals surface area contributed by atoms with Crippen LogP contribution in [-0.2, 0) is 11.3 Å². The van der Waals surface area contributed by atoms with Crippen molar-refractivity contribution >= 4 is 5.84 Å². The minimum atomic E-state index is -0.433. The molecular weight excluding hydrogens is 235 g/mol. The Labute approximate surface area is 106 Å². The number of oxime groups is 1. The molecule has 0 spiro atoms. The molecule has 0 saturated carbocycles. The molecule has 1 aromatic carbocycles. The molecule has 0 aliphatic carbocycles. The SMILES string of the molecule is CC(C)C(C)OCc1ccc(F)cc1C(N)=NO. The highest BCUT2D eigenvalue weighted by Crippen LogP contribution is 2.15. The summed E-state index contributed by atoms with van der Waals surface area (Å²) >= 11 is 0. The van der Waals surface area contributed by atoms with Gasteiger partial charge in [0.1, 0.15) is 5.82 Å². The lowest BCUT2D eigenvalue weighted by Gasteiger charge is -2.17. The zero-order valence-corrected chi connectivity index (χ0v) is 10.9. The number of nitrogens with two attached hydrogens (primary N) is 1. The largest absolute Gasteiger partial charge is 0.409 e. The first-order valence-corrected chi connectivity index (χ1v) is 5.83. The summed E-state index contributed by atoms with van der Waals surface area (Å²) in [5, 5.41) is 11.6. The second-order valence-corrected chi connectivity index (χ2v) is 4.55. The molecule has 0 bridgehead atoms. The molecule has 0 radical (unpaired) electrons. The Morgan fingerprint density at radius 3 is 2.67 bits per heavy atom. The number of nitrogens with zero attached hydrogens (tertiary/aromatic N) is 1. The van der Waals surface area contributed by atoms with Crippen molar-refractivity contribution in [2.75, 3.05) is 0 Å². The molecule has 4 nitrogen and oxygen atoms in total. The van der Waals surface area contributed by atoms with E-state index in [0.29, 0.717) is 23.7 Å². The molecule has 1 rings (SSSR count). The third-order valence-corrected chi connectivity index (χ3v) is 2.90. The van der Waals surface area contributed by atoms with E-state index < -0.39 is 5.82 Å². The zero-order chi connectivity index (χ0) is 13.7. The van der Waals surface area contributed by atoms with Crippen LogP contribution in [0, 0.1) is 11.7 Å². The summed E-state index contributed by atoms with van der Waals surface area (Å²) in [7, 11) is 0. The van der Waals surface area contributed by atoms with Crippen LogP contribution in [0.3, 0.4) is 0 Å². The van der Waals surface area contributed by atoms with Crippen LogP contribution in [0.5, 0.6) is 0 Å². The molecule has 5 heteroatoms. The normalized spacial score (nSPS) is 13.9. The summed E-state index contributed by atoms with van der Waals surface area (Å²) in [6.45, 7) is 6.38. The van der Waals surface area contributed by atoms with Gasteiger partial charge >= 0.3 is 0 Å². The minimum Gasteiger partial charge on any atom is -0.409 e. The van der Waals surface area contributed by atoms with Gasteiger partial charge in [-0.15, -0.1) is 0 Å². The van der Waals surface area contributed by atoms with Crippen molar-refractivity contribution in [3.8, 4) is 0 Å². The van der Waals surface area contributed by atoms with Crippen LogP contribution in [0.25, 0.3) is 0 Å². The van der Waals surface area contributed by atoms with E-state index in [1.54, 1.807) is 6.07 Å². The summed E-state index contributed by atoms with van der Waals surface area (Å²) in [4.78, 5) is 0. The molecule has 0 aromatic heterocycles. The van der Waals surface area contributed by atoms with Gasteiger partial charge in [-0.05, 0) is 30.5 Å². The second-order valence-electron chi connectivity index (χ2n) is 4.55. The van der Waals surface area contributed by atoms with Crippen LogP contribution in [-0.4, -0.2) is 17.1 Å². The van der Waals surface area contributed by atoms with Crippen molar-refractivity contribution < 1.29 is 14.3 Å². The Morgan fingerprint density at radius 2 is 2.11 bits per heavy atom. The highest BCUT2D eigenvalue weighted by Gasteiger charge is 2.12. The molecule has 1 unspecified atom stereocenters. The monoisotopic (exact) mass is 254 g/mol. The van der Waals surface area contributed by atoms with Gasteiger partial charge in [0.05, 0.1) is 12.7 Å². The Morgan fingerprint density at radius 1 is 1.44 bits per heavy atom. The maximum absolute atomic E-state index is 13.1. The van der Waals surface area contributed by atoms with E-state index in [2.05, 4.69) is 19.0 Å². The Hall–Kier alpha value is -1.62. The van der Waals surface area contributed by atoms with Crippen LogP contribution in [0.1, 0.15) is 31.9 Å². The maximum atomic E-state index is 13.1. The lowest BCUT2D eigenvalue weighted by Crippen LogP contribution is -2.19. The number of hydrogen-bond acceptors (Lipinski definition) is 3. The Bertz CT molecular complexity index is 433. The van der Waals surface area contributed by atoms with Crippen LogP contribution in [0.15, 0.2) is 23.4 Å². The lowest BCUT2D eigenvalue weighted by molar-refractivity contribution is 0.0234. The number of halogens is 1. The summed E-state index contributed by atoms with van der Waals surface area (Å²) in [6, 6.07) is 4.14. The maximum Gasteiger partial charge on any atom is 0.170 e. The van der Waals surface area contributed by atoms with Crippen molar-refractivity contribution in [1.29, 1.82) is 0 Å². The fourth-order valence-corrected chi connectivity index (χ4v) is 1.38. The fraction of sp³-hybridized carbons (Fsp3) is 0.462. The molecule has 1 atom stereocenters. The van der Waals surface area contributed by atoms with E-state index in [-0.39, 0.29) is 11.9 Å². The van der Waals surface area contributed by atoms with Crippen molar-refractivity contribution in [3.05, 3.63) is 35.1 Å². The summed E-state index contributed by atoms with van der Waals surface area (Å²) in [5.74, 6) is -0.166. The standard InChI is InChI=1S/C13H19FN2O2/c1-8(2)9(3)18-7-10-4-5-11(14)6-12(10)13(15)16-17/h4-6,8-9,17H,7H2,1-3H3,(H2,15,16).